The van der Waals surface area contributed by atoms with Crippen LogP contribution in [0.5, 0.6) is 0 Å². The molecule has 2 amide bonds. The monoisotopic (exact) mass is 388 g/mol. The van der Waals surface area contributed by atoms with Crippen molar-refractivity contribution in [2.24, 2.45) is 5.92 Å². The number of rotatable bonds is 7. The van der Waals surface area contributed by atoms with Gasteiger partial charge in [0, 0.05) is 31.1 Å². The van der Waals surface area contributed by atoms with Gasteiger partial charge in [-0.1, -0.05) is 41.9 Å². The number of carbonyl (C=O) groups is 2. The summed E-state index contributed by atoms with van der Waals surface area (Å²) in [6.45, 7) is 1.31. The molecule has 4 nitrogen and oxygen atoms in total. The van der Waals surface area contributed by atoms with Crippen LogP contribution >= 0.6 is 11.6 Å². The molecule has 1 saturated heterocycles. The van der Waals surface area contributed by atoms with E-state index in [1.807, 2.05) is 24.3 Å². The van der Waals surface area contributed by atoms with Crippen LogP contribution in [0.4, 0.5) is 4.39 Å². The summed E-state index contributed by atoms with van der Waals surface area (Å²) in [6, 6.07) is 14.1. The van der Waals surface area contributed by atoms with E-state index in [4.69, 9.17) is 11.6 Å². The lowest BCUT2D eigenvalue weighted by atomic mass is 10.1. The summed E-state index contributed by atoms with van der Waals surface area (Å²) < 4.78 is 13.7. The molecule has 0 spiro atoms. The zero-order valence-corrected chi connectivity index (χ0v) is 15.7. The van der Waals surface area contributed by atoms with Gasteiger partial charge in [0.25, 0.3) is 0 Å². The molecule has 1 atom stereocenters. The number of likely N-dealkylation sites (tertiary alicyclic amines) is 1. The second kappa shape index (κ2) is 9.00. The van der Waals surface area contributed by atoms with Crippen LogP contribution in [0.3, 0.4) is 0 Å². The van der Waals surface area contributed by atoms with Crippen LogP contribution < -0.4 is 5.32 Å². The van der Waals surface area contributed by atoms with E-state index in [0.29, 0.717) is 43.1 Å². The molecule has 142 valence electrons. The topological polar surface area (TPSA) is 49.4 Å². The highest BCUT2D eigenvalue weighted by atomic mass is 35.5. The third-order valence-corrected chi connectivity index (χ3v) is 5.03. The molecule has 1 aliphatic heterocycles. The lowest BCUT2D eigenvalue weighted by molar-refractivity contribution is -0.129. The molecule has 0 bridgehead atoms. The van der Waals surface area contributed by atoms with Crippen molar-refractivity contribution in [3.63, 3.8) is 0 Å². The molecule has 2 aromatic carbocycles. The second-order valence-corrected chi connectivity index (χ2v) is 7.19. The van der Waals surface area contributed by atoms with Crippen LogP contribution in [0.15, 0.2) is 48.5 Å². The van der Waals surface area contributed by atoms with E-state index < -0.39 is 0 Å². The zero-order valence-electron chi connectivity index (χ0n) is 15.0. The van der Waals surface area contributed by atoms with E-state index in [0.717, 1.165) is 5.56 Å². The molecule has 0 aliphatic carbocycles. The lowest BCUT2D eigenvalue weighted by Crippen LogP contribution is -2.34. The van der Waals surface area contributed by atoms with Gasteiger partial charge >= 0.3 is 0 Å². The standard InChI is InChI=1S/C21H22ClFN2O2/c22-18-6-3-4-15(12-18)8-10-24-21(27)17-13-20(26)25(14-17)11-9-16-5-1-2-7-19(16)23/h1-7,12,17H,8-11,13-14H2,(H,24,27). The van der Waals surface area contributed by atoms with E-state index in [1.54, 1.807) is 23.1 Å². The van der Waals surface area contributed by atoms with Gasteiger partial charge in [-0.05, 0) is 42.2 Å². The fourth-order valence-corrected chi connectivity index (χ4v) is 3.50. The Balaban J connectivity index is 1.45. The molecule has 1 fully saturated rings. The molecule has 6 heteroatoms. The first-order chi connectivity index (χ1) is 13.0. The second-order valence-electron chi connectivity index (χ2n) is 6.75. The van der Waals surface area contributed by atoms with Crippen molar-refractivity contribution in [2.45, 2.75) is 19.3 Å². The molecule has 3 rings (SSSR count). The average Bonchev–Trinajstić information content (AvgIpc) is 3.02. The minimum atomic E-state index is -0.350. The van der Waals surface area contributed by atoms with Crippen molar-refractivity contribution < 1.29 is 14.0 Å². The highest BCUT2D eigenvalue weighted by molar-refractivity contribution is 6.30. The summed E-state index contributed by atoms with van der Waals surface area (Å²) in [5.74, 6) is -0.781. The van der Waals surface area contributed by atoms with Crippen molar-refractivity contribution in [3.8, 4) is 0 Å². The SMILES string of the molecule is O=C(NCCc1cccc(Cl)c1)C1CC(=O)N(CCc2ccccc2F)C1. The van der Waals surface area contributed by atoms with Crippen molar-refractivity contribution in [2.75, 3.05) is 19.6 Å². The molecule has 1 unspecified atom stereocenters. The van der Waals surface area contributed by atoms with E-state index >= 15 is 0 Å². The van der Waals surface area contributed by atoms with Gasteiger partial charge in [-0.25, -0.2) is 4.39 Å². The minimum absolute atomic E-state index is 0.0543. The van der Waals surface area contributed by atoms with Crippen LogP contribution in [-0.2, 0) is 22.4 Å². The summed E-state index contributed by atoms with van der Waals surface area (Å²) in [7, 11) is 0. The minimum Gasteiger partial charge on any atom is -0.355 e. The van der Waals surface area contributed by atoms with Gasteiger partial charge < -0.3 is 10.2 Å². The number of nitrogens with zero attached hydrogens (tertiary/aromatic N) is 1. The molecule has 1 heterocycles. The third-order valence-electron chi connectivity index (χ3n) is 4.80. The molecular formula is C21H22ClFN2O2. The Hall–Kier alpha value is -2.40. The van der Waals surface area contributed by atoms with Crippen molar-refractivity contribution in [3.05, 3.63) is 70.5 Å². The Labute approximate surface area is 163 Å². The van der Waals surface area contributed by atoms with E-state index in [9.17, 15) is 14.0 Å². The maximum absolute atomic E-state index is 13.7. The normalized spacial score (nSPS) is 16.6. The molecular weight excluding hydrogens is 367 g/mol. The Morgan fingerprint density at radius 3 is 2.78 bits per heavy atom. The maximum atomic E-state index is 13.7. The molecule has 0 saturated carbocycles. The van der Waals surface area contributed by atoms with Crippen molar-refractivity contribution in [1.82, 2.24) is 10.2 Å². The number of benzene rings is 2. The number of halogens is 2. The first-order valence-corrected chi connectivity index (χ1v) is 9.44. The third kappa shape index (κ3) is 5.30. The van der Waals surface area contributed by atoms with Crippen LogP contribution in [0.1, 0.15) is 17.5 Å². The highest BCUT2D eigenvalue weighted by Gasteiger charge is 2.33. The molecule has 1 N–H and O–H groups in total. The first kappa shape index (κ1) is 19.4. The van der Waals surface area contributed by atoms with Crippen LogP contribution in [0.2, 0.25) is 5.02 Å². The van der Waals surface area contributed by atoms with Gasteiger partial charge in [0.1, 0.15) is 5.82 Å². The van der Waals surface area contributed by atoms with Gasteiger partial charge in [0.05, 0.1) is 5.92 Å². The van der Waals surface area contributed by atoms with Gasteiger partial charge in [-0.3, -0.25) is 9.59 Å². The van der Waals surface area contributed by atoms with E-state index in [1.165, 1.54) is 6.07 Å². The smallest absolute Gasteiger partial charge is 0.225 e. The lowest BCUT2D eigenvalue weighted by Gasteiger charge is -2.17. The van der Waals surface area contributed by atoms with Crippen LogP contribution in [0, 0.1) is 11.7 Å². The summed E-state index contributed by atoms with van der Waals surface area (Å²) in [6.07, 6.45) is 1.34. The largest absolute Gasteiger partial charge is 0.355 e. The van der Waals surface area contributed by atoms with Crippen LogP contribution in [0.25, 0.3) is 0 Å². The summed E-state index contributed by atoms with van der Waals surface area (Å²) in [4.78, 5) is 26.2. The maximum Gasteiger partial charge on any atom is 0.225 e. The predicted molar refractivity (Wildman–Crippen MR) is 103 cm³/mol. The van der Waals surface area contributed by atoms with Crippen LogP contribution in [-0.4, -0.2) is 36.3 Å². The van der Waals surface area contributed by atoms with Gasteiger partial charge in [0.15, 0.2) is 0 Å². The zero-order chi connectivity index (χ0) is 19.2. The number of hydrogen-bond donors (Lipinski definition) is 1. The highest BCUT2D eigenvalue weighted by Crippen LogP contribution is 2.19. The Bertz CT molecular complexity index is 827. The van der Waals surface area contributed by atoms with Crippen molar-refractivity contribution >= 4 is 23.4 Å². The Morgan fingerprint density at radius 1 is 1.19 bits per heavy atom. The first-order valence-electron chi connectivity index (χ1n) is 9.06. The predicted octanol–water partition coefficient (Wildman–Crippen LogP) is 3.23. The molecule has 0 radical (unpaired) electrons. The number of nitrogens with one attached hydrogen (secondary N) is 1. The number of carbonyl (C=O) groups excluding carboxylic acids is 2. The summed E-state index contributed by atoms with van der Waals surface area (Å²) >= 11 is 5.95. The van der Waals surface area contributed by atoms with E-state index in [2.05, 4.69) is 5.32 Å². The quantitative estimate of drug-likeness (QED) is 0.791. The van der Waals surface area contributed by atoms with E-state index in [-0.39, 0.29) is 30.0 Å². The molecule has 1 aliphatic rings. The van der Waals surface area contributed by atoms with Gasteiger partial charge in [-0.2, -0.15) is 0 Å². The number of hydrogen-bond acceptors (Lipinski definition) is 2. The summed E-state index contributed by atoms with van der Waals surface area (Å²) in [5.41, 5.74) is 1.64. The number of amides is 2. The Morgan fingerprint density at radius 2 is 2.00 bits per heavy atom. The average molecular weight is 389 g/mol. The molecule has 2 aromatic rings. The fraction of sp³-hybridized carbons (Fsp3) is 0.333. The Kier molecular flexibility index (Phi) is 6.45. The summed E-state index contributed by atoms with van der Waals surface area (Å²) in [5, 5.41) is 3.57. The molecule has 0 aromatic heterocycles. The van der Waals surface area contributed by atoms with Crippen molar-refractivity contribution in [1.29, 1.82) is 0 Å². The fourth-order valence-electron chi connectivity index (χ4n) is 3.29. The van der Waals surface area contributed by atoms with Gasteiger partial charge in [0.2, 0.25) is 11.8 Å². The van der Waals surface area contributed by atoms with Gasteiger partial charge in [-0.15, -0.1) is 0 Å². The molecule has 27 heavy (non-hydrogen) atoms.